The number of ether oxygens (including phenoxy) is 1. The third-order valence-electron chi connectivity index (χ3n) is 4.34. The highest BCUT2D eigenvalue weighted by Crippen LogP contribution is 2.25. The number of piperidine rings is 1. The zero-order chi connectivity index (χ0) is 17.6. The summed E-state index contributed by atoms with van der Waals surface area (Å²) in [6.07, 6.45) is 12.2. The van der Waals surface area contributed by atoms with Crippen LogP contribution in [0.15, 0.2) is 61.4 Å². The maximum Gasteiger partial charge on any atom is 0.237 e. The lowest BCUT2D eigenvalue weighted by atomic mass is 10.0. The lowest BCUT2D eigenvalue weighted by Crippen LogP contribution is -2.39. The van der Waals surface area contributed by atoms with Gasteiger partial charge in [0.15, 0.2) is 0 Å². The van der Waals surface area contributed by atoms with Gasteiger partial charge in [-0.15, -0.1) is 0 Å². The minimum absolute atomic E-state index is 0.426. The minimum Gasteiger partial charge on any atom is -0.437 e. The van der Waals surface area contributed by atoms with Crippen LogP contribution in [0.5, 0.6) is 11.6 Å². The van der Waals surface area contributed by atoms with Crippen LogP contribution < -0.4 is 15.0 Å². The molecule has 1 saturated heterocycles. The first kappa shape index (κ1) is 16.3. The van der Waals surface area contributed by atoms with Crippen LogP contribution in [-0.4, -0.2) is 39.1 Å². The standard InChI is InChI=1S/C19H20N6O/c1-2-16(12-17(3-1)26-19-14-21-7-9-23-19)24-15-4-10-25(11-5-15)18-13-20-6-8-22-18/h1-3,6-9,12-15,24H,4-5,10-11H2. The molecule has 7 nitrogen and oxygen atoms in total. The Kier molecular flexibility index (Phi) is 4.86. The van der Waals surface area contributed by atoms with Crippen LogP contribution in [0.2, 0.25) is 0 Å². The van der Waals surface area contributed by atoms with E-state index in [4.69, 9.17) is 4.74 Å². The van der Waals surface area contributed by atoms with Gasteiger partial charge in [-0.3, -0.25) is 9.97 Å². The third-order valence-corrected chi connectivity index (χ3v) is 4.34. The first-order chi connectivity index (χ1) is 12.9. The summed E-state index contributed by atoms with van der Waals surface area (Å²) in [7, 11) is 0. The number of hydrogen-bond donors (Lipinski definition) is 1. The van der Waals surface area contributed by atoms with Crippen LogP contribution in [0, 0.1) is 0 Å². The Morgan fingerprint density at radius 2 is 1.77 bits per heavy atom. The van der Waals surface area contributed by atoms with Crippen molar-refractivity contribution in [3.05, 3.63) is 61.4 Å². The molecule has 0 radical (unpaired) electrons. The van der Waals surface area contributed by atoms with Gasteiger partial charge in [0.25, 0.3) is 0 Å². The Morgan fingerprint density at radius 1 is 0.962 bits per heavy atom. The molecule has 1 fully saturated rings. The van der Waals surface area contributed by atoms with Gasteiger partial charge in [0.2, 0.25) is 5.88 Å². The number of rotatable bonds is 5. The second-order valence-corrected chi connectivity index (χ2v) is 6.14. The molecule has 1 aliphatic rings. The minimum atomic E-state index is 0.426. The predicted molar refractivity (Wildman–Crippen MR) is 99.4 cm³/mol. The Morgan fingerprint density at radius 3 is 2.50 bits per heavy atom. The zero-order valence-corrected chi connectivity index (χ0v) is 14.3. The lowest BCUT2D eigenvalue weighted by molar-refractivity contribution is 0.460. The maximum absolute atomic E-state index is 5.75. The van der Waals surface area contributed by atoms with Gasteiger partial charge in [0, 0.05) is 55.7 Å². The summed E-state index contributed by atoms with van der Waals surface area (Å²) in [5.74, 6) is 2.18. The van der Waals surface area contributed by atoms with Crippen LogP contribution in [-0.2, 0) is 0 Å². The largest absolute Gasteiger partial charge is 0.437 e. The van der Waals surface area contributed by atoms with Crippen molar-refractivity contribution < 1.29 is 4.74 Å². The Bertz CT molecular complexity index is 822. The number of aromatic nitrogens is 4. The van der Waals surface area contributed by atoms with Gasteiger partial charge in [0.05, 0.1) is 12.4 Å². The molecule has 0 amide bonds. The van der Waals surface area contributed by atoms with Crippen molar-refractivity contribution in [2.45, 2.75) is 18.9 Å². The highest BCUT2D eigenvalue weighted by Gasteiger charge is 2.20. The molecule has 0 aliphatic carbocycles. The van der Waals surface area contributed by atoms with Crippen LogP contribution >= 0.6 is 0 Å². The third kappa shape index (κ3) is 4.05. The molecular weight excluding hydrogens is 328 g/mol. The summed E-state index contributed by atoms with van der Waals surface area (Å²) < 4.78 is 5.75. The number of hydrogen-bond acceptors (Lipinski definition) is 7. The molecule has 3 heterocycles. The van der Waals surface area contributed by atoms with E-state index in [1.165, 1.54) is 0 Å². The molecule has 132 valence electrons. The molecule has 0 spiro atoms. The van der Waals surface area contributed by atoms with E-state index in [1.807, 2.05) is 24.4 Å². The van der Waals surface area contributed by atoms with Crippen LogP contribution in [0.3, 0.4) is 0 Å². The maximum atomic E-state index is 5.75. The first-order valence-corrected chi connectivity index (χ1v) is 8.68. The van der Waals surface area contributed by atoms with Crippen molar-refractivity contribution in [1.29, 1.82) is 0 Å². The molecule has 26 heavy (non-hydrogen) atoms. The van der Waals surface area contributed by atoms with Crippen LogP contribution in [0.4, 0.5) is 11.5 Å². The quantitative estimate of drug-likeness (QED) is 0.759. The van der Waals surface area contributed by atoms with Crippen LogP contribution in [0.1, 0.15) is 12.8 Å². The summed E-state index contributed by atoms with van der Waals surface area (Å²) in [6.45, 7) is 1.93. The topological polar surface area (TPSA) is 76.1 Å². The van der Waals surface area contributed by atoms with Gasteiger partial charge in [-0.25, -0.2) is 9.97 Å². The molecule has 0 bridgehead atoms. The fourth-order valence-corrected chi connectivity index (χ4v) is 3.05. The molecule has 1 aromatic carbocycles. The van der Waals surface area contributed by atoms with E-state index < -0.39 is 0 Å². The highest BCUT2D eigenvalue weighted by atomic mass is 16.5. The van der Waals surface area contributed by atoms with Gasteiger partial charge >= 0.3 is 0 Å². The van der Waals surface area contributed by atoms with Crippen molar-refractivity contribution in [3.63, 3.8) is 0 Å². The number of anilines is 2. The summed E-state index contributed by atoms with van der Waals surface area (Å²) in [6, 6.07) is 8.36. The second-order valence-electron chi connectivity index (χ2n) is 6.14. The molecule has 0 saturated carbocycles. The van der Waals surface area contributed by atoms with E-state index in [-0.39, 0.29) is 0 Å². The Balaban J connectivity index is 1.34. The highest BCUT2D eigenvalue weighted by molar-refractivity contribution is 5.50. The second kappa shape index (κ2) is 7.77. The van der Waals surface area contributed by atoms with Crippen molar-refractivity contribution in [1.82, 2.24) is 19.9 Å². The van der Waals surface area contributed by atoms with E-state index >= 15 is 0 Å². The molecule has 4 rings (SSSR count). The summed E-state index contributed by atoms with van der Waals surface area (Å²) >= 11 is 0. The normalized spacial score (nSPS) is 14.8. The summed E-state index contributed by atoms with van der Waals surface area (Å²) in [5, 5.41) is 3.60. The number of nitrogens with zero attached hydrogens (tertiary/aromatic N) is 5. The Labute approximate surface area is 152 Å². The number of benzene rings is 1. The lowest BCUT2D eigenvalue weighted by Gasteiger charge is -2.33. The SMILES string of the molecule is c1cc(NC2CCN(c3cnccn3)CC2)cc(Oc2cnccn2)c1. The Hall–Kier alpha value is -3.22. The molecule has 3 aromatic rings. The average molecular weight is 348 g/mol. The zero-order valence-electron chi connectivity index (χ0n) is 14.3. The fraction of sp³-hybridized carbons (Fsp3) is 0.263. The van der Waals surface area contributed by atoms with E-state index in [0.29, 0.717) is 11.9 Å². The monoisotopic (exact) mass is 348 g/mol. The van der Waals surface area contributed by atoms with Crippen molar-refractivity contribution >= 4 is 11.5 Å². The molecule has 1 aliphatic heterocycles. The van der Waals surface area contributed by atoms with E-state index in [2.05, 4.69) is 36.2 Å². The predicted octanol–water partition coefficient (Wildman–Crippen LogP) is 3.14. The molecular formula is C19H20N6O. The summed E-state index contributed by atoms with van der Waals surface area (Å²) in [5.41, 5.74) is 1.05. The van der Waals surface area contributed by atoms with Crippen molar-refractivity contribution in [2.24, 2.45) is 0 Å². The van der Waals surface area contributed by atoms with Gasteiger partial charge in [-0.1, -0.05) is 6.07 Å². The average Bonchev–Trinajstić information content (AvgIpc) is 2.70. The van der Waals surface area contributed by atoms with E-state index in [1.54, 1.807) is 31.0 Å². The first-order valence-electron chi connectivity index (χ1n) is 8.68. The number of nitrogens with one attached hydrogen (secondary N) is 1. The van der Waals surface area contributed by atoms with Crippen molar-refractivity contribution in [2.75, 3.05) is 23.3 Å². The van der Waals surface area contributed by atoms with E-state index in [9.17, 15) is 0 Å². The molecule has 7 heteroatoms. The van der Waals surface area contributed by atoms with E-state index in [0.717, 1.165) is 43.2 Å². The van der Waals surface area contributed by atoms with Gasteiger partial charge in [-0.05, 0) is 25.0 Å². The molecule has 1 N–H and O–H groups in total. The van der Waals surface area contributed by atoms with Gasteiger partial charge in [0.1, 0.15) is 11.6 Å². The molecule has 0 atom stereocenters. The van der Waals surface area contributed by atoms with Gasteiger partial charge < -0.3 is 15.0 Å². The molecule has 2 aromatic heterocycles. The fourth-order valence-electron chi connectivity index (χ4n) is 3.05. The van der Waals surface area contributed by atoms with Crippen LogP contribution in [0.25, 0.3) is 0 Å². The smallest absolute Gasteiger partial charge is 0.237 e. The summed E-state index contributed by atoms with van der Waals surface area (Å²) in [4.78, 5) is 18.9. The van der Waals surface area contributed by atoms with Crippen molar-refractivity contribution in [3.8, 4) is 11.6 Å². The van der Waals surface area contributed by atoms with Gasteiger partial charge in [-0.2, -0.15) is 0 Å². The molecule has 0 unspecified atom stereocenters.